The molecule has 0 heterocycles. The zero-order valence-corrected chi connectivity index (χ0v) is 7.78. The number of alkyl halides is 6. The summed E-state index contributed by atoms with van der Waals surface area (Å²) in [4.78, 5) is 0. The number of hydrogen-bond acceptors (Lipinski definition) is 0. The van der Waals surface area contributed by atoms with Gasteiger partial charge in [-0.2, -0.15) is 26.3 Å². The Balaban J connectivity index is 3.39. The molecule has 0 unspecified atom stereocenters. The number of halogens is 6. The second-order valence-corrected chi connectivity index (χ2v) is 3.04. The summed E-state index contributed by atoms with van der Waals surface area (Å²) in [5.74, 6) is 0. The van der Waals surface area contributed by atoms with Crippen molar-refractivity contribution in [1.29, 1.82) is 0 Å². The minimum atomic E-state index is -4.81. The third-order valence-electron chi connectivity index (χ3n) is 1.85. The van der Waals surface area contributed by atoms with E-state index < -0.39 is 23.5 Å². The number of rotatable bonds is 1. The highest BCUT2D eigenvalue weighted by atomic mass is 19.4. The number of benzene rings is 1. The molecule has 6 heteroatoms. The highest BCUT2D eigenvalue weighted by Gasteiger charge is 2.36. The van der Waals surface area contributed by atoms with E-state index >= 15 is 0 Å². The lowest BCUT2D eigenvalue weighted by molar-refractivity contribution is -0.143. The normalized spacial score (nSPS) is 12.6. The summed E-state index contributed by atoms with van der Waals surface area (Å²) in [7, 11) is 0. The zero-order valence-electron chi connectivity index (χ0n) is 7.78. The van der Waals surface area contributed by atoms with Crippen LogP contribution in [-0.4, -0.2) is 0 Å². The molecule has 16 heavy (non-hydrogen) atoms. The summed E-state index contributed by atoms with van der Waals surface area (Å²) >= 11 is 0. The highest BCUT2D eigenvalue weighted by molar-refractivity contribution is 5.51. The topological polar surface area (TPSA) is 0 Å². The van der Waals surface area contributed by atoms with Crippen LogP contribution in [0.5, 0.6) is 0 Å². The summed E-state index contributed by atoms with van der Waals surface area (Å²) < 4.78 is 73.6. The van der Waals surface area contributed by atoms with Crippen molar-refractivity contribution >= 4 is 6.08 Å². The maximum absolute atomic E-state index is 12.3. The average Bonchev–Trinajstić information content (AvgIpc) is 2.14. The fourth-order valence-electron chi connectivity index (χ4n) is 1.10. The highest BCUT2D eigenvalue weighted by Crippen LogP contribution is 2.36. The third-order valence-corrected chi connectivity index (χ3v) is 1.85. The summed E-state index contributed by atoms with van der Waals surface area (Å²) in [5.41, 5.74) is -2.89. The first-order chi connectivity index (χ1) is 7.14. The predicted molar refractivity (Wildman–Crippen MR) is 46.5 cm³/mol. The van der Waals surface area contributed by atoms with Gasteiger partial charge >= 0.3 is 12.4 Å². The van der Waals surface area contributed by atoms with Gasteiger partial charge in [0.15, 0.2) is 0 Å². The minimum Gasteiger partial charge on any atom is -0.166 e. The van der Waals surface area contributed by atoms with Crippen molar-refractivity contribution < 1.29 is 26.3 Å². The van der Waals surface area contributed by atoms with E-state index in [1.807, 2.05) is 0 Å². The van der Waals surface area contributed by atoms with Crippen LogP contribution in [0.4, 0.5) is 26.3 Å². The van der Waals surface area contributed by atoms with Gasteiger partial charge in [0.1, 0.15) is 0 Å². The minimum absolute atomic E-state index is 0.0764. The van der Waals surface area contributed by atoms with Crippen molar-refractivity contribution in [2.45, 2.75) is 12.4 Å². The number of hydrogen-bond donors (Lipinski definition) is 0. The van der Waals surface area contributed by atoms with Crippen LogP contribution in [-0.2, 0) is 12.4 Å². The zero-order chi connectivity index (χ0) is 12.6. The third kappa shape index (κ3) is 2.77. The molecule has 1 rings (SSSR count). The molecule has 0 aliphatic heterocycles. The lowest BCUT2D eigenvalue weighted by Gasteiger charge is -2.12. The molecule has 0 spiro atoms. The molecule has 0 bridgehead atoms. The van der Waals surface area contributed by atoms with Crippen LogP contribution in [0.15, 0.2) is 24.8 Å². The van der Waals surface area contributed by atoms with Crippen molar-refractivity contribution in [2.75, 3.05) is 0 Å². The van der Waals surface area contributed by atoms with Gasteiger partial charge in [-0.25, -0.2) is 0 Å². The smallest absolute Gasteiger partial charge is 0.166 e. The Hall–Kier alpha value is -1.46. The molecule has 0 atom stereocenters. The summed E-state index contributed by atoms with van der Waals surface area (Å²) in [5, 5.41) is 0. The van der Waals surface area contributed by atoms with Crippen LogP contribution >= 0.6 is 0 Å². The Morgan fingerprint density at radius 2 is 1.19 bits per heavy atom. The molecule has 0 aliphatic carbocycles. The van der Waals surface area contributed by atoms with Crippen LogP contribution in [0, 0.1) is 0 Å². The molecular formula is C10H6F6. The summed E-state index contributed by atoms with van der Waals surface area (Å²) in [6, 6.07) is 1.30. The van der Waals surface area contributed by atoms with Gasteiger partial charge in [0.2, 0.25) is 0 Å². The first kappa shape index (κ1) is 12.6. The van der Waals surface area contributed by atoms with Crippen LogP contribution in [0.2, 0.25) is 0 Å². The van der Waals surface area contributed by atoms with Crippen molar-refractivity contribution in [1.82, 2.24) is 0 Å². The van der Waals surface area contributed by atoms with Gasteiger partial charge in [-0.05, 0) is 23.8 Å². The van der Waals surface area contributed by atoms with Crippen molar-refractivity contribution in [3.63, 3.8) is 0 Å². The molecule has 1 aromatic rings. The Morgan fingerprint density at radius 1 is 0.812 bits per heavy atom. The molecule has 0 radical (unpaired) electrons. The summed E-state index contributed by atoms with van der Waals surface area (Å²) in [6.45, 7) is 3.14. The van der Waals surface area contributed by atoms with E-state index in [9.17, 15) is 26.3 Å². The fraction of sp³-hybridized carbons (Fsp3) is 0.200. The van der Waals surface area contributed by atoms with Gasteiger partial charge in [-0.15, -0.1) is 0 Å². The molecular weight excluding hydrogens is 234 g/mol. The Labute approximate surface area is 87.2 Å². The maximum Gasteiger partial charge on any atom is 0.416 e. The molecule has 0 amide bonds. The summed E-state index contributed by atoms with van der Waals surface area (Å²) in [6.07, 6.45) is -8.68. The molecule has 88 valence electrons. The largest absolute Gasteiger partial charge is 0.416 e. The van der Waals surface area contributed by atoms with Crippen molar-refractivity contribution in [3.8, 4) is 0 Å². The first-order valence-electron chi connectivity index (χ1n) is 4.06. The molecule has 0 N–H and O–H groups in total. The van der Waals surface area contributed by atoms with E-state index in [1.54, 1.807) is 0 Å². The Kier molecular flexibility index (Phi) is 3.03. The average molecular weight is 240 g/mol. The SMILES string of the molecule is C=Cc1cc(C(F)(F)F)cc(C(F)(F)F)c1. The van der Waals surface area contributed by atoms with E-state index in [-0.39, 0.29) is 11.6 Å². The molecule has 0 saturated heterocycles. The van der Waals surface area contributed by atoms with E-state index in [4.69, 9.17) is 0 Å². The molecule has 0 aliphatic rings. The van der Waals surface area contributed by atoms with Gasteiger partial charge < -0.3 is 0 Å². The molecule has 0 nitrogen and oxygen atoms in total. The second kappa shape index (κ2) is 3.84. The van der Waals surface area contributed by atoms with Crippen molar-refractivity contribution in [2.24, 2.45) is 0 Å². The van der Waals surface area contributed by atoms with Gasteiger partial charge in [0.05, 0.1) is 11.1 Å². The van der Waals surface area contributed by atoms with Gasteiger partial charge in [0.25, 0.3) is 0 Å². The van der Waals surface area contributed by atoms with E-state index in [0.717, 1.165) is 6.08 Å². The quantitative estimate of drug-likeness (QED) is 0.639. The van der Waals surface area contributed by atoms with Gasteiger partial charge in [-0.3, -0.25) is 0 Å². The molecule has 0 fully saturated rings. The fourth-order valence-corrected chi connectivity index (χ4v) is 1.10. The lowest BCUT2D eigenvalue weighted by atomic mass is 10.0. The Bertz CT molecular complexity index is 367. The second-order valence-electron chi connectivity index (χ2n) is 3.04. The van der Waals surface area contributed by atoms with Crippen molar-refractivity contribution in [3.05, 3.63) is 41.5 Å². The predicted octanol–water partition coefficient (Wildman–Crippen LogP) is 4.37. The Morgan fingerprint density at radius 3 is 1.44 bits per heavy atom. The standard InChI is InChI=1S/C10H6F6/c1-2-6-3-7(9(11,12)13)5-8(4-6)10(14,15)16/h2-5H,1H2. The van der Waals surface area contributed by atoms with Gasteiger partial charge in [-0.1, -0.05) is 12.7 Å². The van der Waals surface area contributed by atoms with E-state index in [0.29, 0.717) is 12.1 Å². The van der Waals surface area contributed by atoms with Gasteiger partial charge in [0, 0.05) is 0 Å². The van der Waals surface area contributed by atoms with E-state index in [2.05, 4.69) is 6.58 Å². The molecule has 0 aromatic heterocycles. The van der Waals surface area contributed by atoms with Crippen LogP contribution in [0.25, 0.3) is 6.08 Å². The lowest BCUT2D eigenvalue weighted by Crippen LogP contribution is -2.11. The van der Waals surface area contributed by atoms with Crippen LogP contribution in [0.1, 0.15) is 16.7 Å². The molecule has 1 aromatic carbocycles. The maximum atomic E-state index is 12.3. The van der Waals surface area contributed by atoms with Crippen LogP contribution < -0.4 is 0 Å². The first-order valence-corrected chi connectivity index (χ1v) is 4.06. The van der Waals surface area contributed by atoms with Crippen LogP contribution in [0.3, 0.4) is 0 Å². The molecule has 0 saturated carbocycles. The monoisotopic (exact) mass is 240 g/mol. The van der Waals surface area contributed by atoms with E-state index in [1.165, 1.54) is 0 Å².